The normalized spacial score (nSPS) is 11.4. The second-order valence-corrected chi connectivity index (χ2v) is 8.00. The highest BCUT2D eigenvalue weighted by atomic mass is 35.5. The summed E-state index contributed by atoms with van der Waals surface area (Å²) in [6.07, 6.45) is 0. The fourth-order valence-electron chi connectivity index (χ4n) is 1.87. The SMILES string of the molecule is CN(C)S(=O)(=O)NCC(=O)Nc1ccc(OCc2ccc(Cl)cc2)cc1. The van der Waals surface area contributed by atoms with Gasteiger partial charge in [0.15, 0.2) is 0 Å². The molecule has 1 amide bonds. The number of halogens is 1. The monoisotopic (exact) mass is 397 g/mol. The predicted molar refractivity (Wildman–Crippen MR) is 101 cm³/mol. The molecule has 0 saturated carbocycles. The summed E-state index contributed by atoms with van der Waals surface area (Å²) >= 11 is 5.83. The smallest absolute Gasteiger partial charge is 0.279 e. The first kappa shape index (κ1) is 20.2. The van der Waals surface area contributed by atoms with Crippen molar-refractivity contribution < 1.29 is 17.9 Å². The second kappa shape index (κ2) is 9.00. The molecule has 2 aromatic rings. The van der Waals surface area contributed by atoms with Gasteiger partial charge in [-0.05, 0) is 42.0 Å². The Kier molecular flexibility index (Phi) is 6.98. The predicted octanol–water partition coefficient (Wildman–Crippen LogP) is 2.25. The fourth-order valence-corrected chi connectivity index (χ4v) is 2.57. The van der Waals surface area contributed by atoms with Crippen molar-refractivity contribution in [1.29, 1.82) is 0 Å². The Balaban J connectivity index is 1.83. The Morgan fingerprint density at radius 3 is 2.27 bits per heavy atom. The fraction of sp³-hybridized carbons (Fsp3) is 0.235. The number of hydrogen-bond acceptors (Lipinski definition) is 4. The summed E-state index contributed by atoms with van der Waals surface area (Å²) in [5.41, 5.74) is 1.53. The van der Waals surface area contributed by atoms with E-state index in [9.17, 15) is 13.2 Å². The number of benzene rings is 2. The molecule has 0 atom stereocenters. The first-order chi connectivity index (χ1) is 12.3. The number of nitrogens with one attached hydrogen (secondary N) is 2. The molecule has 0 heterocycles. The van der Waals surface area contributed by atoms with E-state index >= 15 is 0 Å². The molecule has 2 aromatic carbocycles. The van der Waals surface area contributed by atoms with Crippen molar-refractivity contribution in [2.45, 2.75) is 6.61 Å². The minimum atomic E-state index is -3.63. The van der Waals surface area contributed by atoms with Crippen molar-refractivity contribution in [2.24, 2.45) is 0 Å². The van der Waals surface area contributed by atoms with Crippen molar-refractivity contribution in [3.05, 3.63) is 59.1 Å². The Bertz CT molecular complexity index is 837. The van der Waals surface area contributed by atoms with Crippen LogP contribution in [0.3, 0.4) is 0 Å². The first-order valence-electron chi connectivity index (χ1n) is 7.70. The van der Waals surface area contributed by atoms with E-state index in [0.717, 1.165) is 9.87 Å². The topological polar surface area (TPSA) is 87.7 Å². The minimum Gasteiger partial charge on any atom is -0.489 e. The molecular formula is C17H20ClN3O4S. The van der Waals surface area contributed by atoms with Crippen molar-refractivity contribution in [3.63, 3.8) is 0 Å². The van der Waals surface area contributed by atoms with Crippen LogP contribution in [-0.2, 0) is 21.6 Å². The Morgan fingerprint density at radius 1 is 1.08 bits per heavy atom. The van der Waals surface area contributed by atoms with Crippen molar-refractivity contribution in [2.75, 3.05) is 26.0 Å². The third kappa shape index (κ3) is 6.30. The molecule has 0 aliphatic heterocycles. The van der Waals surface area contributed by atoms with E-state index in [1.165, 1.54) is 14.1 Å². The van der Waals surface area contributed by atoms with Gasteiger partial charge in [0.1, 0.15) is 12.4 Å². The summed E-state index contributed by atoms with van der Waals surface area (Å²) in [4.78, 5) is 11.8. The molecule has 9 heteroatoms. The molecule has 140 valence electrons. The summed E-state index contributed by atoms with van der Waals surface area (Å²) in [7, 11) is -0.879. The van der Waals surface area contributed by atoms with Crippen LogP contribution in [0.15, 0.2) is 48.5 Å². The summed E-state index contributed by atoms with van der Waals surface area (Å²) in [5, 5.41) is 3.27. The highest BCUT2D eigenvalue weighted by Crippen LogP contribution is 2.17. The zero-order valence-electron chi connectivity index (χ0n) is 14.4. The Labute approximate surface area is 158 Å². The van der Waals surface area contributed by atoms with Crippen molar-refractivity contribution in [3.8, 4) is 5.75 Å². The number of ether oxygens (including phenoxy) is 1. The van der Waals surface area contributed by atoms with Gasteiger partial charge in [0.2, 0.25) is 5.91 Å². The molecule has 0 aliphatic rings. The maximum atomic E-state index is 11.8. The maximum Gasteiger partial charge on any atom is 0.279 e. The van der Waals surface area contributed by atoms with Crippen molar-refractivity contribution >= 4 is 33.4 Å². The third-order valence-electron chi connectivity index (χ3n) is 3.35. The summed E-state index contributed by atoms with van der Waals surface area (Å²) in [6.45, 7) is 0.0462. The van der Waals surface area contributed by atoms with Gasteiger partial charge in [0.25, 0.3) is 10.2 Å². The lowest BCUT2D eigenvalue weighted by molar-refractivity contribution is -0.115. The van der Waals surface area contributed by atoms with Gasteiger partial charge in [0, 0.05) is 24.8 Å². The lowest BCUT2D eigenvalue weighted by atomic mass is 10.2. The largest absolute Gasteiger partial charge is 0.489 e. The maximum absolute atomic E-state index is 11.8. The number of amides is 1. The molecule has 0 saturated heterocycles. The summed E-state index contributed by atoms with van der Waals surface area (Å²) in [6, 6.07) is 14.1. The molecular weight excluding hydrogens is 378 g/mol. The van der Waals surface area contributed by atoms with Gasteiger partial charge in [-0.1, -0.05) is 23.7 Å². The minimum absolute atomic E-state index is 0.352. The highest BCUT2D eigenvalue weighted by Gasteiger charge is 2.14. The standard InChI is InChI=1S/C17H20ClN3O4S/c1-21(2)26(23,24)19-11-17(22)20-15-7-9-16(10-8-15)25-12-13-3-5-14(18)6-4-13/h3-10,19H,11-12H2,1-2H3,(H,20,22). The van der Waals surface area contributed by atoms with Crippen molar-refractivity contribution in [1.82, 2.24) is 9.03 Å². The molecule has 7 nitrogen and oxygen atoms in total. The van der Waals surface area contributed by atoms with E-state index < -0.39 is 16.1 Å². The number of carbonyl (C=O) groups is 1. The molecule has 0 spiro atoms. The third-order valence-corrected chi connectivity index (χ3v) is 5.08. The molecule has 2 rings (SSSR count). The van der Waals surface area contributed by atoms with Crippen LogP contribution in [0, 0.1) is 0 Å². The van der Waals surface area contributed by atoms with Crippen LogP contribution in [-0.4, -0.2) is 39.3 Å². The second-order valence-electron chi connectivity index (χ2n) is 5.60. The number of hydrogen-bond donors (Lipinski definition) is 2. The number of carbonyl (C=O) groups excluding carboxylic acids is 1. The lowest BCUT2D eigenvalue weighted by Crippen LogP contribution is -2.40. The molecule has 0 bridgehead atoms. The van der Waals surface area contributed by atoms with E-state index in [4.69, 9.17) is 16.3 Å². The van der Waals surface area contributed by atoms with Crippen LogP contribution < -0.4 is 14.8 Å². The van der Waals surface area contributed by atoms with Gasteiger partial charge >= 0.3 is 0 Å². The van der Waals surface area contributed by atoms with Crippen LogP contribution in [0.25, 0.3) is 0 Å². The van der Waals surface area contributed by atoms with Gasteiger partial charge in [-0.3, -0.25) is 4.79 Å². The summed E-state index contributed by atoms with van der Waals surface area (Å²) < 4.78 is 31.9. The van der Waals surface area contributed by atoms with Crippen LogP contribution in [0.4, 0.5) is 5.69 Å². The van der Waals surface area contributed by atoms with Gasteiger partial charge < -0.3 is 10.1 Å². The average Bonchev–Trinajstić information content (AvgIpc) is 2.61. The van der Waals surface area contributed by atoms with E-state index in [-0.39, 0.29) is 6.54 Å². The van der Waals surface area contributed by atoms with E-state index in [2.05, 4.69) is 10.0 Å². The molecule has 0 unspecified atom stereocenters. The van der Waals surface area contributed by atoms with E-state index in [0.29, 0.717) is 23.1 Å². The molecule has 0 aromatic heterocycles. The average molecular weight is 398 g/mol. The number of anilines is 1. The number of rotatable bonds is 8. The van der Waals surface area contributed by atoms with Gasteiger partial charge in [-0.2, -0.15) is 17.4 Å². The summed E-state index contributed by atoms with van der Waals surface area (Å²) in [5.74, 6) is 0.177. The van der Waals surface area contributed by atoms with Gasteiger partial charge in [-0.15, -0.1) is 0 Å². The van der Waals surface area contributed by atoms with Crippen LogP contribution >= 0.6 is 11.6 Å². The zero-order chi connectivity index (χ0) is 19.2. The Hall–Kier alpha value is -2.13. The van der Waals surface area contributed by atoms with Gasteiger partial charge in [0.05, 0.1) is 6.54 Å². The molecule has 26 heavy (non-hydrogen) atoms. The first-order valence-corrected chi connectivity index (χ1v) is 9.52. The molecule has 2 N–H and O–H groups in total. The van der Waals surface area contributed by atoms with E-state index in [1.807, 2.05) is 12.1 Å². The molecule has 0 radical (unpaired) electrons. The Morgan fingerprint density at radius 2 is 1.69 bits per heavy atom. The van der Waals surface area contributed by atoms with E-state index in [1.54, 1.807) is 36.4 Å². The lowest BCUT2D eigenvalue weighted by Gasteiger charge is -2.12. The van der Waals surface area contributed by atoms with Crippen LogP contribution in [0.5, 0.6) is 5.75 Å². The van der Waals surface area contributed by atoms with Gasteiger partial charge in [-0.25, -0.2) is 0 Å². The number of nitrogens with zero attached hydrogens (tertiary/aromatic N) is 1. The molecule has 0 fully saturated rings. The molecule has 0 aliphatic carbocycles. The highest BCUT2D eigenvalue weighted by molar-refractivity contribution is 7.87. The quantitative estimate of drug-likeness (QED) is 0.715. The van der Waals surface area contributed by atoms with Crippen LogP contribution in [0.1, 0.15) is 5.56 Å². The zero-order valence-corrected chi connectivity index (χ0v) is 16.0. The van der Waals surface area contributed by atoms with Crippen LogP contribution in [0.2, 0.25) is 5.02 Å².